The summed E-state index contributed by atoms with van der Waals surface area (Å²) in [5.74, 6) is 0.0518. The number of carbonyl (C=O) groups excluding carboxylic acids is 1. The third kappa shape index (κ3) is 4.48. The van der Waals surface area contributed by atoms with Crippen LogP contribution in [0.2, 0.25) is 0 Å². The van der Waals surface area contributed by atoms with Crippen molar-refractivity contribution >= 4 is 38.7 Å². The fourth-order valence-corrected chi connectivity index (χ4v) is 2.54. The zero-order chi connectivity index (χ0) is 14.8. The molecular formula is C17H19Br2NO. The Morgan fingerprint density at radius 2 is 1.57 bits per heavy atom. The molecule has 1 atom stereocenters. The molecule has 2 aromatic rings. The van der Waals surface area contributed by atoms with Crippen molar-refractivity contribution in [2.75, 3.05) is 0 Å². The number of aromatic nitrogens is 1. The van der Waals surface area contributed by atoms with E-state index < -0.39 is 0 Å². The molecule has 1 heterocycles. The van der Waals surface area contributed by atoms with Crippen LogP contribution in [0.25, 0.3) is 0 Å². The molecule has 0 aliphatic carbocycles. The molecular weight excluding hydrogens is 394 g/mol. The van der Waals surface area contributed by atoms with E-state index in [4.69, 9.17) is 0 Å². The Morgan fingerprint density at radius 3 is 2.05 bits per heavy atom. The molecule has 0 saturated heterocycles. The van der Waals surface area contributed by atoms with Gasteiger partial charge in [0, 0.05) is 18.0 Å². The average molecular weight is 413 g/mol. The fraction of sp³-hybridized carbons (Fsp3) is 0.294. The molecule has 1 aromatic heterocycles. The van der Waals surface area contributed by atoms with Crippen LogP contribution in [0.4, 0.5) is 0 Å². The molecule has 0 aliphatic heterocycles. The first kappa shape index (κ1) is 18.1. The quantitative estimate of drug-likeness (QED) is 0.507. The lowest BCUT2D eigenvalue weighted by atomic mass is 9.86. The fourth-order valence-electron chi connectivity index (χ4n) is 1.97. The van der Waals surface area contributed by atoms with Crippen LogP contribution in [0.5, 0.6) is 0 Å². The van der Waals surface area contributed by atoms with Gasteiger partial charge in [0.15, 0.2) is 5.78 Å². The minimum absolute atomic E-state index is 0. The van der Waals surface area contributed by atoms with E-state index in [1.54, 1.807) is 24.5 Å². The molecule has 2 nitrogen and oxygen atoms in total. The predicted molar refractivity (Wildman–Crippen MR) is 95.7 cm³/mol. The van der Waals surface area contributed by atoms with Gasteiger partial charge < -0.3 is 0 Å². The van der Waals surface area contributed by atoms with E-state index in [9.17, 15) is 4.79 Å². The first-order chi connectivity index (χ1) is 9.39. The monoisotopic (exact) mass is 411 g/mol. The van der Waals surface area contributed by atoms with Crippen molar-refractivity contribution in [2.24, 2.45) is 0 Å². The first-order valence-electron chi connectivity index (χ1n) is 6.58. The van der Waals surface area contributed by atoms with Gasteiger partial charge in [-0.05, 0) is 28.7 Å². The molecule has 0 radical (unpaired) electrons. The molecule has 0 N–H and O–H groups in total. The van der Waals surface area contributed by atoms with E-state index >= 15 is 0 Å². The Bertz CT molecular complexity index is 588. The summed E-state index contributed by atoms with van der Waals surface area (Å²) in [6.45, 7) is 6.53. The number of carbonyl (C=O) groups is 1. The van der Waals surface area contributed by atoms with Gasteiger partial charge in [-0.3, -0.25) is 9.78 Å². The summed E-state index contributed by atoms with van der Waals surface area (Å²) in [5, 5.41) is 0. The van der Waals surface area contributed by atoms with Gasteiger partial charge in [0.25, 0.3) is 0 Å². The van der Waals surface area contributed by atoms with Gasteiger partial charge in [-0.25, -0.2) is 0 Å². The lowest BCUT2D eigenvalue weighted by molar-refractivity contribution is 0.0991. The molecule has 0 saturated carbocycles. The third-order valence-electron chi connectivity index (χ3n) is 3.26. The van der Waals surface area contributed by atoms with Gasteiger partial charge in [-0.1, -0.05) is 61.0 Å². The molecule has 2 rings (SSSR count). The molecule has 0 fully saturated rings. The Morgan fingerprint density at radius 1 is 1.05 bits per heavy atom. The number of benzene rings is 1. The van der Waals surface area contributed by atoms with Gasteiger partial charge in [0.05, 0.1) is 0 Å². The van der Waals surface area contributed by atoms with Gasteiger partial charge in [-0.2, -0.15) is 0 Å². The van der Waals surface area contributed by atoms with Crippen molar-refractivity contribution in [1.82, 2.24) is 4.98 Å². The molecule has 0 amide bonds. The van der Waals surface area contributed by atoms with Crippen LogP contribution in [0.3, 0.4) is 0 Å². The molecule has 21 heavy (non-hydrogen) atoms. The summed E-state index contributed by atoms with van der Waals surface area (Å²) < 4.78 is 0. The van der Waals surface area contributed by atoms with E-state index in [0.717, 1.165) is 5.56 Å². The second-order valence-corrected chi connectivity index (χ2v) is 6.75. The number of ketones is 1. The smallest absolute Gasteiger partial charge is 0.181 e. The topological polar surface area (TPSA) is 30.0 Å². The number of nitrogens with zero attached hydrogens (tertiary/aromatic N) is 1. The van der Waals surface area contributed by atoms with Crippen LogP contribution in [0.15, 0.2) is 48.8 Å². The van der Waals surface area contributed by atoms with Crippen LogP contribution in [-0.2, 0) is 5.41 Å². The van der Waals surface area contributed by atoms with Crippen molar-refractivity contribution in [3.05, 3.63) is 65.5 Å². The molecule has 112 valence electrons. The minimum Gasteiger partial charge on any atom is -0.293 e. The molecule has 4 heteroatoms. The van der Waals surface area contributed by atoms with Gasteiger partial charge in [-0.15, -0.1) is 17.0 Å². The maximum Gasteiger partial charge on any atom is 0.181 e. The minimum atomic E-state index is -0.320. The van der Waals surface area contributed by atoms with E-state index in [2.05, 4.69) is 53.8 Å². The zero-order valence-corrected chi connectivity index (χ0v) is 15.6. The summed E-state index contributed by atoms with van der Waals surface area (Å²) in [5.41, 5.74) is 3.02. The maximum absolute atomic E-state index is 12.4. The van der Waals surface area contributed by atoms with Gasteiger partial charge >= 0.3 is 0 Å². The van der Waals surface area contributed by atoms with Crippen molar-refractivity contribution in [3.63, 3.8) is 0 Å². The van der Waals surface area contributed by atoms with Crippen LogP contribution >= 0.6 is 32.9 Å². The first-order valence-corrected chi connectivity index (χ1v) is 7.50. The molecule has 1 unspecified atom stereocenters. The van der Waals surface area contributed by atoms with E-state index in [0.29, 0.717) is 5.56 Å². The third-order valence-corrected chi connectivity index (χ3v) is 4.21. The van der Waals surface area contributed by atoms with Crippen molar-refractivity contribution in [3.8, 4) is 0 Å². The highest BCUT2D eigenvalue weighted by Crippen LogP contribution is 2.29. The Labute approximate surface area is 144 Å². The lowest BCUT2D eigenvalue weighted by Gasteiger charge is -2.19. The second-order valence-electron chi connectivity index (χ2n) is 5.83. The van der Waals surface area contributed by atoms with Crippen LogP contribution in [0.1, 0.15) is 47.1 Å². The summed E-state index contributed by atoms with van der Waals surface area (Å²) in [7, 11) is 0. The molecule has 0 aliphatic rings. The highest BCUT2D eigenvalue weighted by atomic mass is 79.9. The number of Topliss-reactive ketones (excluding diaryl/α,β-unsaturated/α-hetero) is 1. The zero-order valence-electron chi connectivity index (χ0n) is 12.3. The van der Waals surface area contributed by atoms with Crippen LogP contribution < -0.4 is 0 Å². The number of rotatable bonds is 3. The van der Waals surface area contributed by atoms with E-state index in [-0.39, 0.29) is 33.0 Å². The van der Waals surface area contributed by atoms with E-state index in [1.165, 1.54) is 5.56 Å². The number of halogens is 2. The number of hydrogen-bond acceptors (Lipinski definition) is 2. The molecule has 0 spiro atoms. The highest BCUT2D eigenvalue weighted by Gasteiger charge is 2.20. The van der Waals surface area contributed by atoms with Crippen molar-refractivity contribution in [1.29, 1.82) is 0 Å². The molecule has 0 bridgehead atoms. The van der Waals surface area contributed by atoms with Gasteiger partial charge in [0.2, 0.25) is 0 Å². The number of pyridine rings is 1. The van der Waals surface area contributed by atoms with E-state index in [1.807, 2.05) is 12.1 Å². The largest absolute Gasteiger partial charge is 0.293 e. The lowest BCUT2D eigenvalue weighted by Crippen LogP contribution is -2.12. The normalized spacial score (nSPS) is 12.4. The average Bonchev–Trinajstić information content (AvgIpc) is 2.46. The highest BCUT2D eigenvalue weighted by molar-refractivity contribution is 9.09. The SMILES string of the molecule is Br.CC(C)(C)c1ccc(C(Br)C(=O)c2ccncc2)cc1. The Balaban J connectivity index is 0.00000220. The van der Waals surface area contributed by atoms with Gasteiger partial charge in [0.1, 0.15) is 4.83 Å². The van der Waals surface area contributed by atoms with Crippen LogP contribution in [0, 0.1) is 0 Å². The Hall–Kier alpha value is -1.00. The summed E-state index contributed by atoms with van der Waals surface area (Å²) >= 11 is 3.49. The standard InChI is InChI=1S/C17H18BrNO.BrH/c1-17(2,3)14-6-4-12(5-7-14)15(18)16(20)13-8-10-19-11-9-13;/h4-11,15H,1-3H3;1H. The summed E-state index contributed by atoms with van der Waals surface area (Å²) in [4.78, 5) is 16.0. The number of alkyl halides is 1. The van der Waals surface area contributed by atoms with Crippen LogP contribution in [-0.4, -0.2) is 10.8 Å². The number of hydrogen-bond donors (Lipinski definition) is 0. The van der Waals surface area contributed by atoms with Crippen molar-refractivity contribution in [2.45, 2.75) is 31.0 Å². The summed E-state index contributed by atoms with van der Waals surface area (Å²) in [6, 6.07) is 11.7. The maximum atomic E-state index is 12.4. The Kier molecular flexibility index (Phi) is 6.29. The predicted octanol–water partition coefficient (Wildman–Crippen LogP) is 5.28. The summed E-state index contributed by atoms with van der Waals surface area (Å²) in [6.07, 6.45) is 3.27. The van der Waals surface area contributed by atoms with Crippen molar-refractivity contribution < 1.29 is 4.79 Å². The molecule has 1 aromatic carbocycles. The second kappa shape index (κ2) is 7.32.